The number of anilines is 1. The van der Waals surface area contributed by atoms with Crippen LogP contribution >= 0.6 is 22.6 Å². The third kappa shape index (κ3) is 7.35. The average Bonchev–Trinajstić information content (AvgIpc) is 2.91. The summed E-state index contributed by atoms with van der Waals surface area (Å²) in [4.78, 5) is 28.6. The molecule has 2 unspecified atom stereocenters. The van der Waals surface area contributed by atoms with Gasteiger partial charge in [0.1, 0.15) is 12.6 Å². The Hall–Kier alpha value is -2.92. The van der Waals surface area contributed by atoms with Gasteiger partial charge in [0.05, 0.1) is 10.6 Å². The van der Waals surface area contributed by atoms with Crippen molar-refractivity contribution < 1.29 is 18.0 Å². The van der Waals surface area contributed by atoms with Crippen LogP contribution in [0.5, 0.6) is 0 Å². The second kappa shape index (κ2) is 13.2. The van der Waals surface area contributed by atoms with Crippen molar-refractivity contribution in [3.63, 3.8) is 0 Å². The molecule has 0 saturated heterocycles. The largest absolute Gasteiger partial charge is 0.352 e. The second-order valence-corrected chi connectivity index (χ2v) is 12.4. The third-order valence-corrected chi connectivity index (χ3v) is 9.00. The number of aryl methyl sites for hydroxylation is 1. The van der Waals surface area contributed by atoms with Crippen LogP contribution in [0.3, 0.4) is 0 Å². The number of carbonyl (C=O) groups is 2. The van der Waals surface area contributed by atoms with Crippen LogP contribution in [0.1, 0.15) is 38.3 Å². The fourth-order valence-corrected chi connectivity index (χ4v) is 5.67. The molecule has 0 spiro atoms. The van der Waals surface area contributed by atoms with Crippen LogP contribution in [0.25, 0.3) is 0 Å². The van der Waals surface area contributed by atoms with Gasteiger partial charge in [-0.2, -0.15) is 0 Å². The molecule has 0 fully saturated rings. The minimum absolute atomic E-state index is 0.0536. The van der Waals surface area contributed by atoms with E-state index in [0.717, 1.165) is 25.4 Å². The van der Waals surface area contributed by atoms with Gasteiger partial charge in [0.15, 0.2) is 0 Å². The van der Waals surface area contributed by atoms with Gasteiger partial charge in [0, 0.05) is 16.2 Å². The highest BCUT2D eigenvalue weighted by Gasteiger charge is 2.32. The molecule has 9 heteroatoms. The van der Waals surface area contributed by atoms with Crippen molar-refractivity contribution in [3.8, 4) is 0 Å². The molecule has 0 bridgehead atoms. The van der Waals surface area contributed by atoms with E-state index in [1.165, 1.54) is 17.0 Å². The Kier molecular flexibility index (Phi) is 10.3. The van der Waals surface area contributed by atoms with Gasteiger partial charge in [-0.15, -0.1) is 0 Å². The van der Waals surface area contributed by atoms with Crippen LogP contribution in [-0.2, 0) is 26.2 Å². The summed E-state index contributed by atoms with van der Waals surface area (Å²) in [6, 6.07) is 21.8. The Bertz CT molecular complexity index is 1350. The first-order chi connectivity index (χ1) is 18.0. The Morgan fingerprint density at radius 3 is 2.13 bits per heavy atom. The molecule has 1 N–H and O–H groups in total. The zero-order chi connectivity index (χ0) is 27.9. The number of sulfonamides is 1. The van der Waals surface area contributed by atoms with Crippen molar-refractivity contribution >= 4 is 50.1 Å². The Labute approximate surface area is 239 Å². The lowest BCUT2D eigenvalue weighted by Crippen LogP contribution is -2.52. The summed E-state index contributed by atoms with van der Waals surface area (Å²) in [6.07, 6.45) is 0.750. The van der Waals surface area contributed by atoms with E-state index in [1.54, 1.807) is 49.4 Å². The summed E-state index contributed by atoms with van der Waals surface area (Å²) in [5.41, 5.74) is 2.23. The molecule has 0 aliphatic heterocycles. The van der Waals surface area contributed by atoms with Crippen molar-refractivity contribution in [2.45, 2.75) is 57.6 Å². The summed E-state index contributed by atoms with van der Waals surface area (Å²) in [6.45, 7) is 7.22. The molecule has 7 nitrogen and oxygen atoms in total. The molecule has 2 atom stereocenters. The van der Waals surface area contributed by atoms with E-state index in [0.29, 0.717) is 5.69 Å². The maximum Gasteiger partial charge on any atom is 0.264 e. The standard InChI is InChI=1S/C29H34IN3O4S/c1-5-22(3)31-29(35)23(4)32(19-24-12-10-9-11-21(24)2)28(34)20-33(26-17-15-25(30)16-18-26)38(36,37)27-13-7-6-8-14-27/h6-18,22-23H,5,19-20H2,1-4H3,(H,31,35). The number of rotatable bonds is 11. The fraction of sp³-hybridized carbons (Fsp3) is 0.310. The van der Waals surface area contributed by atoms with Crippen LogP contribution in [0, 0.1) is 10.5 Å². The van der Waals surface area contributed by atoms with E-state index in [-0.39, 0.29) is 23.4 Å². The minimum Gasteiger partial charge on any atom is -0.352 e. The fourth-order valence-electron chi connectivity index (χ4n) is 3.87. The number of nitrogens with zero attached hydrogens (tertiary/aromatic N) is 2. The van der Waals surface area contributed by atoms with Gasteiger partial charge < -0.3 is 10.2 Å². The van der Waals surface area contributed by atoms with Crippen molar-refractivity contribution in [3.05, 3.63) is 93.6 Å². The Morgan fingerprint density at radius 2 is 1.53 bits per heavy atom. The molecule has 3 aromatic rings. The van der Waals surface area contributed by atoms with Gasteiger partial charge in [-0.25, -0.2) is 8.42 Å². The maximum absolute atomic E-state index is 13.9. The minimum atomic E-state index is -4.06. The zero-order valence-electron chi connectivity index (χ0n) is 22.1. The molecule has 3 rings (SSSR count). The lowest BCUT2D eigenvalue weighted by atomic mass is 10.1. The van der Waals surface area contributed by atoms with Gasteiger partial charge in [0.2, 0.25) is 11.8 Å². The van der Waals surface area contributed by atoms with Crippen molar-refractivity contribution in [2.75, 3.05) is 10.8 Å². The molecule has 0 aliphatic carbocycles. The van der Waals surface area contributed by atoms with E-state index in [2.05, 4.69) is 27.9 Å². The first-order valence-corrected chi connectivity index (χ1v) is 15.0. The molecule has 0 aliphatic rings. The molecule has 0 saturated carbocycles. The number of benzene rings is 3. The normalized spacial score (nSPS) is 12.9. The monoisotopic (exact) mass is 647 g/mol. The highest BCUT2D eigenvalue weighted by molar-refractivity contribution is 14.1. The molecule has 38 heavy (non-hydrogen) atoms. The van der Waals surface area contributed by atoms with Gasteiger partial charge in [0.25, 0.3) is 10.0 Å². The average molecular weight is 648 g/mol. The summed E-state index contributed by atoms with van der Waals surface area (Å²) in [7, 11) is -4.06. The predicted molar refractivity (Wildman–Crippen MR) is 159 cm³/mol. The Balaban J connectivity index is 2.02. The smallest absolute Gasteiger partial charge is 0.264 e. The van der Waals surface area contributed by atoms with E-state index >= 15 is 0 Å². The number of hydrogen-bond donors (Lipinski definition) is 1. The summed E-state index contributed by atoms with van der Waals surface area (Å²) >= 11 is 2.14. The van der Waals surface area contributed by atoms with Gasteiger partial charge in [-0.3, -0.25) is 13.9 Å². The first-order valence-electron chi connectivity index (χ1n) is 12.5. The molecule has 202 valence electrons. The van der Waals surface area contributed by atoms with E-state index in [1.807, 2.05) is 45.0 Å². The number of nitrogens with one attached hydrogen (secondary N) is 1. The Morgan fingerprint density at radius 1 is 0.921 bits per heavy atom. The van der Waals surface area contributed by atoms with E-state index in [4.69, 9.17) is 0 Å². The first kappa shape index (κ1) is 29.6. The molecular weight excluding hydrogens is 613 g/mol. The van der Waals surface area contributed by atoms with E-state index in [9.17, 15) is 18.0 Å². The van der Waals surface area contributed by atoms with Crippen molar-refractivity contribution in [1.29, 1.82) is 0 Å². The molecular formula is C29H34IN3O4S. The summed E-state index contributed by atoms with van der Waals surface area (Å²) in [5.74, 6) is -0.758. The van der Waals surface area contributed by atoms with Crippen LogP contribution in [-0.4, -0.2) is 43.8 Å². The maximum atomic E-state index is 13.9. The topological polar surface area (TPSA) is 86.8 Å². The lowest BCUT2D eigenvalue weighted by molar-refractivity contribution is -0.139. The van der Waals surface area contributed by atoms with Crippen LogP contribution in [0.4, 0.5) is 5.69 Å². The summed E-state index contributed by atoms with van der Waals surface area (Å²) < 4.78 is 29.6. The molecule has 2 amide bonds. The molecule has 0 aromatic heterocycles. The number of hydrogen-bond acceptors (Lipinski definition) is 4. The van der Waals surface area contributed by atoms with Crippen LogP contribution in [0.2, 0.25) is 0 Å². The van der Waals surface area contributed by atoms with Gasteiger partial charge in [-0.05, 0) is 97.3 Å². The lowest BCUT2D eigenvalue weighted by Gasteiger charge is -2.32. The molecule has 3 aromatic carbocycles. The van der Waals surface area contributed by atoms with Gasteiger partial charge in [-0.1, -0.05) is 49.4 Å². The van der Waals surface area contributed by atoms with Crippen molar-refractivity contribution in [1.82, 2.24) is 10.2 Å². The second-order valence-electron chi connectivity index (χ2n) is 9.24. The van der Waals surface area contributed by atoms with Gasteiger partial charge >= 0.3 is 0 Å². The molecule has 0 heterocycles. The van der Waals surface area contributed by atoms with Crippen molar-refractivity contribution in [2.24, 2.45) is 0 Å². The highest BCUT2D eigenvalue weighted by Crippen LogP contribution is 2.25. The number of halogens is 1. The zero-order valence-corrected chi connectivity index (χ0v) is 25.1. The van der Waals surface area contributed by atoms with Crippen LogP contribution in [0.15, 0.2) is 83.8 Å². The SMILES string of the molecule is CCC(C)NC(=O)C(C)N(Cc1ccccc1C)C(=O)CN(c1ccc(I)cc1)S(=O)(=O)c1ccccc1. The summed E-state index contributed by atoms with van der Waals surface area (Å²) in [5, 5.41) is 2.95. The quantitative estimate of drug-likeness (QED) is 0.293. The van der Waals surface area contributed by atoms with E-state index < -0.39 is 28.5 Å². The number of carbonyl (C=O) groups excluding carboxylic acids is 2. The third-order valence-electron chi connectivity index (χ3n) is 6.49. The number of amides is 2. The molecule has 0 radical (unpaired) electrons. The highest BCUT2D eigenvalue weighted by atomic mass is 127. The van der Waals surface area contributed by atoms with Crippen LogP contribution < -0.4 is 9.62 Å². The predicted octanol–water partition coefficient (Wildman–Crippen LogP) is 5.13.